The molecular weight excluding hydrogens is 456 g/mol. The Labute approximate surface area is 203 Å². The summed E-state index contributed by atoms with van der Waals surface area (Å²) in [5, 5.41) is 4.36. The summed E-state index contributed by atoms with van der Waals surface area (Å²) in [4.78, 5) is 35.5. The van der Waals surface area contributed by atoms with E-state index in [-0.39, 0.29) is 11.7 Å². The van der Waals surface area contributed by atoms with Crippen LogP contribution in [0.1, 0.15) is 36.0 Å². The van der Waals surface area contributed by atoms with E-state index in [2.05, 4.69) is 15.1 Å². The maximum atomic E-state index is 13.2. The molecule has 0 saturated carbocycles. The first kappa shape index (κ1) is 23.3. The van der Waals surface area contributed by atoms with Gasteiger partial charge < -0.3 is 15.1 Å². The number of piperazine rings is 1. The van der Waals surface area contributed by atoms with Gasteiger partial charge in [0.15, 0.2) is 10.9 Å². The lowest BCUT2D eigenvalue weighted by Crippen LogP contribution is -2.46. The number of carbonyl (C=O) groups is 2. The molecule has 3 aromatic rings. The van der Waals surface area contributed by atoms with E-state index in [0.29, 0.717) is 16.3 Å². The molecule has 1 fully saturated rings. The van der Waals surface area contributed by atoms with Crippen LogP contribution >= 0.6 is 22.9 Å². The molecule has 0 aliphatic carbocycles. The molecule has 0 spiro atoms. The summed E-state index contributed by atoms with van der Waals surface area (Å²) in [5.41, 5.74) is 0.996. The lowest BCUT2D eigenvalue weighted by molar-refractivity contribution is -0.123. The van der Waals surface area contributed by atoms with E-state index < -0.39 is 5.41 Å². The van der Waals surface area contributed by atoms with E-state index in [4.69, 9.17) is 16.6 Å². The zero-order valence-corrected chi connectivity index (χ0v) is 20.5. The molecule has 172 valence electrons. The van der Waals surface area contributed by atoms with Gasteiger partial charge in [-0.2, -0.15) is 0 Å². The van der Waals surface area contributed by atoms with Crippen molar-refractivity contribution in [2.45, 2.75) is 20.8 Å². The summed E-state index contributed by atoms with van der Waals surface area (Å²) in [6.45, 7) is 8.56. The Balaban J connectivity index is 1.58. The molecule has 8 heteroatoms. The second kappa shape index (κ2) is 9.53. The Kier molecular flexibility index (Phi) is 6.72. The fourth-order valence-electron chi connectivity index (χ4n) is 3.55. The van der Waals surface area contributed by atoms with E-state index >= 15 is 0 Å². The van der Waals surface area contributed by atoms with E-state index in [1.807, 2.05) is 63.2 Å². The van der Waals surface area contributed by atoms with Gasteiger partial charge in [0, 0.05) is 37.2 Å². The number of ketones is 1. The number of hydrogen-bond donors (Lipinski definition) is 1. The monoisotopic (exact) mass is 482 g/mol. The van der Waals surface area contributed by atoms with Crippen LogP contribution in [0.4, 0.5) is 16.6 Å². The highest BCUT2D eigenvalue weighted by Gasteiger charge is 2.29. The highest BCUT2D eigenvalue weighted by molar-refractivity contribution is 7.18. The van der Waals surface area contributed by atoms with Crippen molar-refractivity contribution >= 4 is 51.3 Å². The number of rotatable bonds is 5. The van der Waals surface area contributed by atoms with Gasteiger partial charge in [-0.15, -0.1) is 0 Å². The van der Waals surface area contributed by atoms with E-state index in [1.54, 1.807) is 12.1 Å². The Morgan fingerprint density at radius 2 is 1.55 bits per heavy atom. The fraction of sp³-hybridized carbons (Fsp3) is 0.320. The zero-order valence-electron chi connectivity index (χ0n) is 19.0. The molecule has 2 aromatic carbocycles. The summed E-state index contributed by atoms with van der Waals surface area (Å²) in [5.74, 6) is 0.0144. The number of thiazole rings is 1. The topological polar surface area (TPSA) is 65.5 Å². The molecule has 6 nitrogen and oxygen atoms in total. The maximum Gasteiger partial charge on any atom is 0.230 e. The normalized spacial score (nSPS) is 14.3. The predicted octanol–water partition coefficient (Wildman–Crippen LogP) is 5.34. The molecule has 0 atom stereocenters. The van der Waals surface area contributed by atoms with Crippen molar-refractivity contribution in [3.05, 3.63) is 70.1 Å². The Morgan fingerprint density at radius 3 is 2.18 bits per heavy atom. The third kappa shape index (κ3) is 5.20. The Hall–Kier alpha value is -2.90. The number of anilines is 3. The summed E-state index contributed by atoms with van der Waals surface area (Å²) < 4.78 is 0. The van der Waals surface area contributed by atoms with Gasteiger partial charge in [-0.25, -0.2) is 4.98 Å². The zero-order chi connectivity index (χ0) is 23.6. The SMILES string of the molecule is CC(C)(C)C(=O)Nc1nc(N2CCN(c3ccccc3Cl)CC2)sc1C(=O)c1ccccc1. The highest BCUT2D eigenvalue weighted by atomic mass is 35.5. The highest BCUT2D eigenvalue weighted by Crippen LogP contribution is 2.34. The molecule has 0 unspecified atom stereocenters. The Bertz CT molecular complexity index is 1150. The van der Waals surface area contributed by atoms with Crippen molar-refractivity contribution < 1.29 is 9.59 Å². The number of hydrogen-bond acceptors (Lipinski definition) is 6. The molecule has 0 radical (unpaired) electrons. The average Bonchev–Trinajstić information content (AvgIpc) is 3.23. The van der Waals surface area contributed by atoms with Crippen LogP contribution in [-0.2, 0) is 4.79 Å². The third-order valence-electron chi connectivity index (χ3n) is 5.51. The van der Waals surface area contributed by atoms with Crippen molar-refractivity contribution in [1.82, 2.24) is 4.98 Å². The lowest BCUT2D eigenvalue weighted by atomic mass is 9.96. The molecule has 33 heavy (non-hydrogen) atoms. The third-order valence-corrected chi connectivity index (χ3v) is 6.95. The van der Waals surface area contributed by atoms with Gasteiger partial charge in [-0.3, -0.25) is 9.59 Å². The number of nitrogens with one attached hydrogen (secondary N) is 1. The van der Waals surface area contributed by atoms with Gasteiger partial charge in [0.05, 0.1) is 10.7 Å². The van der Waals surface area contributed by atoms with Crippen LogP contribution < -0.4 is 15.1 Å². The maximum absolute atomic E-state index is 13.2. The largest absolute Gasteiger partial charge is 0.367 e. The van der Waals surface area contributed by atoms with Crippen LogP contribution in [0.3, 0.4) is 0 Å². The summed E-state index contributed by atoms with van der Waals surface area (Å²) >= 11 is 7.70. The average molecular weight is 483 g/mol. The molecule has 1 aliphatic heterocycles. The van der Waals surface area contributed by atoms with Crippen LogP contribution in [-0.4, -0.2) is 42.9 Å². The van der Waals surface area contributed by atoms with Crippen LogP contribution in [0.15, 0.2) is 54.6 Å². The smallest absolute Gasteiger partial charge is 0.230 e. The molecule has 1 aliphatic rings. The second-order valence-electron chi connectivity index (χ2n) is 9.00. The minimum absolute atomic E-state index is 0.140. The number of amides is 1. The van der Waals surface area contributed by atoms with Gasteiger partial charge in [-0.1, -0.05) is 86.2 Å². The molecule has 0 bridgehead atoms. The van der Waals surface area contributed by atoms with Gasteiger partial charge in [-0.05, 0) is 12.1 Å². The van der Waals surface area contributed by atoms with E-state index in [0.717, 1.165) is 42.0 Å². The first-order valence-electron chi connectivity index (χ1n) is 10.9. The van der Waals surface area contributed by atoms with Gasteiger partial charge in [0.2, 0.25) is 11.7 Å². The molecular formula is C25H27ClN4O2S. The molecule has 1 amide bonds. The summed E-state index contributed by atoms with van der Waals surface area (Å²) in [6, 6.07) is 16.9. The van der Waals surface area contributed by atoms with Crippen LogP contribution in [0.5, 0.6) is 0 Å². The Morgan fingerprint density at radius 1 is 0.939 bits per heavy atom. The van der Waals surface area contributed by atoms with Crippen molar-refractivity contribution in [2.24, 2.45) is 5.41 Å². The number of benzene rings is 2. The van der Waals surface area contributed by atoms with Crippen LogP contribution in [0.2, 0.25) is 5.02 Å². The molecule has 4 rings (SSSR count). The summed E-state index contributed by atoms with van der Waals surface area (Å²) in [7, 11) is 0. The number of carbonyl (C=O) groups excluding carboxylic acids is 2. The first-order valence-corrected chi connectivity index (χ1v) is 12.1. The lowest BCUT2D eigenvalue weighted by Gasteiger charge is -2.36. The van der Waals surface area contributed by atoms with Crippen molar-refractivity contribution in [3.8, 4) is 0 Å². The summed E-state index contributed by atoms with van der Waals surface area (Å²) in [6.07, 6.45) is 0. The molecule has 1 aromatic heterocycles. The predicted molar refractivity (Wildman–Crippen MR) is 136 cm³/mol. The molecule has 2 heterocycles. The van der Waals surface area contributed by atoms with Gasteiger partial charge >= 0.3 is 0 Å². The molecule has 1 N–H and O–H groups in total. The van der Waals surface area contributed by atoms with Crippen molar-refractivity contribution in [2.75, 3.05) is 41.3 Å². The second-order valence-corrected chi connectivity index (χ2v) is 10.4. The number of aromatic nitrogens is 1. The molecule has 1 saturated heterocycles. The van der Waals surface area contributed by atoms with Crippen LogP contribution in [0.25, 0.3) is 0 Å². The van der Waals surface area contributed by atoms with Crippen LogP contribution in [0, 0.1) is 5.41 Å². The number of para-hydroxylation sites is 1. The van der Waals surface area contributed by atoms with Gasteiger partial charge in [0.1, 0.15) is 4.88 Å². The standard InChI is InChI=1S/C25H27ClN4O2S/c1-25(2,3)23(32)27-22-21(20(31)17-9-5-4-6-10-17)33-24(28-22)30-15-13-29(14-16-30)19-12-8-7-11-18(19)26/h4-12H,13-16H2,1-3H3,(H,27,32). The van der Waals surface area contributed by atoms with E-state index in [1.165, 1.54) is 11.3 Å². The van der Waals surface area contributed by atoms with Crippen molar-refractivity contribution in [3.63, 3.8) is 0 Å². The van der Waals surface area contributed by atoms with E-state index in [9.17, 15) is 9.59 Å². The fourth-order valence-corrected chi connectivity index (χ4v) is 4.84. The van der Waals surface area contributed by atoms with Gasteiger partial charge in [0.25, 0.3) is 0 Å². The van der Waals surface area contributed by atoms with Crippen molar-refractivity contribution in [1.29, 1.82) is 0 Å². The minimum atomic E-state index is -0.600. The first-order chi connectivity index (χ1) is 15.7. The minimum Gasteiger partial charge on any atom is -0.367 e. The quantitative estimate of drug-likeness (QED) is 0.497. The number of nitrogens with zero attached hydrogens (tertiary/aromatic N) is 3. The number of halogens is 1.